The van der Waals surface area contributed by atoms with Gasteiger partial charge in [0.2, 0.25) is 0 Å². The van der Waals surface area contributed by atoms with Gasteiger partial charge in [-0.1, -0.05) is 31.4 Å². The highest BCUT2D eigenvalue weighted by molar-refractivity contribution is 6.11. The molecule has 0 saturated heterocycles. The number of fused-ring (bicyclic) bond motifs is 1. The molecule has 1 aliphatic rings. The van der Waals surface area contributed by atoms with Crippen molar-refractivity contribution in [3.8, 4) is 6.07 Å². The van der Waals surface area contributed by atoms with Crippen molar-refractivity contribution in [1.29, 1.82) is 5.26 Å². The van der Waals surface area contributed by atoms with Crippen molar-refractivity contribution >= 4 is 28.2 Å². The van der Waals surface area contributed by atoms with Gasteiger partial charge in [0.25, 0.3) is 5.91 Å². The first-order valence-electron chi connectivity index (χ1n) is 11.3. The molecule has 0 atom stereocenters. The van der Waals surface area contributed by atoms with Gasteiger partial charge in [0.05, 0.1) is 35.6 Å². The number of hydrogen-bond acceptors (Lipinski definition) is 5. The molecule has 4 aromatic rings. The number of aromatic nitrogens is 4. The molecule has 0 spiro atoms. The lowest BCUT2D eigenvalue weighted by Gasteiger charge is -2.23. The molecule has 2 aromatic heterocycles. The number of rotatable bonds is 6. The van der Waals surface area contributed by atoms with E-state index in [-0.39, 0.29) is 5.91 Å². The molecule has 8 heteroatoms. The summed E-state index contributed by atoms with van der Waals surface area (Å²) < 4.78 is 1.72. The Labute approximate surface area is 191 Å². The van der Waals surface area contributed by atoms with Crippen molar-refractivity contribution in [3.05, 3.63) is 71.7 Å². The lowest BCUT2D eigenvalue weighted by molar-refractivity contribution is 0.102. The van der Waals surface area contributed by atoms with E-state index in [9.17, 15) is 4.79 Å². The summed E-state index contributed by atoms with van der Waals surface area (Å²) in [5, 5.41) is 27.9. The highest BCUT2D eigenvalue weighted by Crippen LogP contribution is 2.25. The van der Waals surface area contributed by atoms with E-state index in [0.717, 1.165) is 22.2 Å². The van der Waals surface area contributed by atoms with Crippen LogP contribution in [0.1, 0.15) is 53.7 Å². The largest absolute Gasteiger partial charge is 0.382 e. The maximum Gasteiger partial charge on any atom is 0.276 e. The number of amides is 1. The molecule has 166 valence electrons. The van der Waals surface area contributed by atoms with Gasteiger partial charge in [-0.25, -0.2) is 0 Å². The van der Waals surface area contributed by atoms with Crippen LogP contribution in [0.25, 0.3) is 10.9 Å². The minimum absolute atomic E-state index is 0.290. The quantitative estimate of drug-likeness (QED) is 0.404. The lowest BCUT2D eigenvalue weighted by Crippen LogP contribution is -2.22. The number of carbonyl (C=O) groups is 1. The number of anilines is 2. The summed E-state index contributed by atoms with van der Waals surface area (Å²) in [7, 11) is 0. The molecule has 0 radical (unpaired) electrons. The molecule has 0 aliphatic heterocycles. The van der Waals surface area contributed by atoms with Crippen LogP contribution >= 0.6 is 0 Å². The average Bonchev–Trinajstić information content (AvgIpc) is 3.46. The minimum Gasteiger partial charge on any atom is -0.382 e. The third-order valence-corrected chi connectivity index (χ3v) is 6.05. The van der Waals surface area contributed by atoms with Gasteiger partial charge < -0.3 is 10.6 Å². The fourth-order valence-corrected chi connectivity index (χ4v) is 4.39. The molecule has 5 rings (SSSR count). The molecule has 8 nitrogen and oxygen atoms in total. The summed E-state index contributed by atoms with van der Waals surface area (Å²) in [5.74, 6) is -0.290. The number of nitrogens with one attached hydrogen (secondary N) is 3. The van der Waals surface area contributed by atoms with Gasteiger partial charge in [0.15, 0.2) is 5.69 Å². The molecule has 1 amide bonds. The number of benzene rings is 2. The highest BCUT2D eigenvalue weighted by Gasteiger charge is 2.17. The first kappa shape index (κ1) is 20.8. The molecule has 1 fully saturated rings. The number of aromatic amines is 1. The molecule has 3 N–H and O–H groups in total. The summed E-state index contributed by atoms with van der Waals surface area (Å²) in [4.78, 5) is 13.0. The molecule has 2 heterocycles. The van der Waals surface area contributed by atoms with Crippen LogP contribution in [0.5, 0.6) is 0 Å². The van der Waals surface area contributed by atoms with Crippen molar-refractivity contribution in [2.24, 2.45) is 0 Å². The highest BCUT2D eigenvalue weighted by atomic mass is 16.2. The first-order valence-corrected chi connectivity index (χ1v) is 11.3. The third kappa shape index (κ3) is 4.72. The van der Waals surface area contributed by atoms with E-state index >= 15 is 0 Å². The molecule has 1 aliphatic carbocycles. The second kappa shape index (κ2) is 9.17. The van der Waals surface area contributed by atoms with Crippen molar-refractivity contribution in [2.75, 3.05) is 10.6 Å². The van der Waals surface area contributed by atoms with Crippen LogP contribution in [0.4, 0.5) is 11.4 Å². The maximum absolute atomic E-state index is 13.0. The number of H-pyrrole nitrogens is 1. The van der Waals surface area contributed by atoms with Gasteiger partial charge in [0.1, 0.15) is 0 Å². The van der Waals surface area contributed by atoms with E-state index in [1.54, 1.807) is 23.1 Å². The molecule has 33 heavy (non-hydrogen) atoms. The molecule has 1 saturated carbocycles. The third-order valence-electron chi connectivity index (χ3n) is 6.05. The van der Waals surface area contributed by atoms with Gasteiger partial charge in [-0.05, 0) is 48.7 Å². The zero-order valence-electron chi connectivity index (χ0n) is 18.2. The normalized spacial score (nSPS) is 14.2. The van der Waals surface area contributed by atoms with Crippen LogP contribution in [0.2, 0.25) is 0 Å². The van der Waals surface area contributed by atoms with Crippen LogP contribution in [0.3, 0.4) is 0 Å². The summed E-state index contributed by atoms with van der Waals surface area (Å²) in [6.07, 6.45) is 9.57. The second-order valence-corrected chi connectivity index (χ2v) is 8.50. The van der Waals surface area contributed by atoms with Gasteiger partial charge in [-0.3, -0.25) is 14.6 Å². The summed E-state index contributed by atoms with van der Waals surface area (Å²) >= 11 is 0. The van der Waals surface area contributed by atoms with Crippen molar-refractivity contribution in [1.82, 2.24) is 20.0 Å². The monoisotopic (exact) mass is 439 g/mol. The number of carbonyl (C=O) groups excluding carboxylic acids is 1. The van der Waals surface area contributed by atoms with E-state index in [2.05, 4.69) is 32.0 Å². The molecule has 0 bridgehead atoms. The Morgan fingerprint density at radius 2 is 2.03 bits per heavy atom. The fraction of sp³-hybridized carbons (Fsp3) is 0.280. The Hall–Kier alpha value is -4.12. The number of nitriles is 1. The molecule has 0 unspecified atom stereocenters. The predicted molar refractivity (Wildman–Crippen MR) is 127 cm³/mol. The number of nitrogens with zero attached hydrogens (tertiary/aromatic N) is 4. The van der Waals surface area contributed by atoms with Gasteiger partial charge in [-0.15, -0.1) is 0 Å². The van der Waals surface area contributed by atoms with Gasteiger partial charge in [-0.2, -0.15) is 15.5 Å². The number of hydrogen-bond donors (Lipinski definition) is 3. The van der Waals surface area contributed by atoms with E-state index in [1.807, 2.05) is 36.4 Å². The van der Waals surface area contributed by atoms with Gasteiger partial charge >= 0.3 is 0 Å². The summed E-state index contributed by atoms with van der Waals surface area (Å²) in [6.45, 7) is 0.507. The Balaban J connectivity index is 1.29. The Morgan fingerprint density at radius 1 is 1.15 bits per heavy atom. The maximum atomic E-state index is 13.0. The predicted octanol–water partition coefficient (Wildman–Crippen LogP) is 4.68. The SMILES string of the molecule is N#Cc1cccc(Cn2cc(NC(=O)c3n[nH]c4ccc(NC5CCCCC5)cc34)cn2)c1. The van der Waals surface area contributed by atoms with Crippen LogP contribution in [-0.2, 0) is 6.54 Å². The van der Waals surface area contributed by atoms with Crippen LogP contribution in [0.15, 0.2) is 54.9 Å². The van der Waals surface area contributed by atoms with E-state index < -0.39 is 0 Å². The van der Waals surface area contributed by atoms with Gasteiger partial charge in [0, 0.05) is 23.3 Å². The van der Waals surface area contributed by atoms with E-state index in [1.165, 1.54) is 32.1 Å². The van der Waals surface area contributed by atoms with Crippen molar-refractivity contribution in [2.45, 2.75) is 44.7 Å². The smallest absolute Gasteiger partial charge is 0.276 e. The summed E-state index contributed by atoms with van der Waals surface area (Å²) in [5.41, 5.74) is 4.35. The molecular formula is C25H25N7O. The van der Waals surface area contributed by atoms with Crippen molar-refractivity contribution in [3.63, 3.8) is 0 Å². The summed E-state index contributed by atoms with van der Waals surface area (Å²) in [6, 6.07) is 16.0. The van der Waals surface area contributed by atoms with Crippen LogP contribution < -0.4 is 10.6 Å². The Kier molecular flexibility index (Phi) is 5.77. The van der Waals surface area contributed by atoms with E-state index in [4.69, 9.17) is 5.26 Å². The van der Waals surface area contributed by atoms with E-state index in [0.29, 0.717) is 29.5 Å². The minimum atomic E-state index is -0.290. The van der Waals surface area contributed by atoms with Crippen LogP contribution in [-0.4, -0.2) is 31.9 Å². The zero-order valence-corrected chi connectivity index (χ0v) is 18.2. The first-order chi connectivity index (χ1) is 16.2. The second-order valence-electron chi connectivity index (χ2n) is 8.50. The zero-order chi connectivity index (χ0) is 22.6. The van der Waals surface area contributed by atoms with Crippen molar-refractivity contribution < 1.29 is 4.79 Å². The fourth-order valence-electron chi connectivity index (χ4n) is 4.39. The van der Waals surface area contributed by atoms with Crippen LogP contribution in [0, 0.1) is 11.3 Å². The molecular weight excluding hydrogens is 414 g/mol. The topological polar surface area (TPSA) is 111 Å². The average molecular weight is 440 g/mol. The lowest BCUT2D eigenvalue weighted by atomic mass is 9.95. The molecule has 2 aromatic carbocycles. The Bertz CT molecular complexity index is 1320. The Morgan fingerprint density at radius 3 is 2.88 bits per heavy atom. The standard InChI is InChI=1S/C25H25N7O/c26-13-17-5-4-6-18(11-17)15-32-16-21(14-27-32)29-25(33)24-22-12-20(9-10-23(22)30-31-24)28-19-7-2-1-3-8-19/h4-6,9-12,14,16,19,28H,1-3,7-8,15H2,(H,29,33)(H,30,31).